The number of hydrogen-bond donors (Lipinski definition) is 0. The second kappa shape index (κ2) is 14.6. The maximum absolute atomic E-state index is 16.1. The summed E-state index contributed by atoms with van der Waals surface area (Å²) in [5, 5.41) is 0.558. The molecule has 0 unspecified atom stereocenters. The van der Waals surface area contributed by atoms with Crippen LogP contribution >= 0.6 is 45.3 Å². The van der Waals surface area contributed by atoms with Crippen LogP contribution in [0.2, 0.25) is 0 Å². The summed E-state index contributed by atoms with van der Waals surface area (Å²) in [6.45, 7) is 5.76. The van der Waals surface area contributed by atoms with Gasteiger partial charge in [-0.05, 0) is 74.2 Å². The molecule has 68 heavy (non-hydrogen) atoms. The van der Waals surface area contributed by atoms with Gasteiger partial charge >= 0.3 is 35.5 Å². The van der Waals surface area contributed by atoms with Crippen LogP contribution in [-0.2, 0) is 0 Å². The maximum atomic E-state index is 16.1. The zero-order valence-electron chi connectivity index (χ0n) is 35.6. The van der Waals surface area contributed by atoms with Crippen LogP contribution in [0.1, 0.15) is 41.8 Å². The third-order valence-corrected chi connectivity index (χ3v) is 17.5. The molecule has 2 aliphatic carbocycles. The Balaban J connectivity index is 0.976. The molecule has 11 rings (SSSR count). The molecule has 0 bridgehead atoms. The van der Waals surface area contributed by atoms with Gasteiger partial charge in [-0.3, -0.25) is 0 Å². The first-order valence-corrected chi connectivity index (χ1v) is 24.1. The van der Waals surface area contributed by atoms with E-state index < -0.39 is 57.8 Å². The fraction of sp³-hybridized carbons (Fsp3) is 0.192. The molecule has 346 valence electrons. The molecule has 4 aromatic heterocycles. The molecule has 0 aliphatic heterocycles. The van der Waals surface area contributed by atoms with Crippen LogP contribution in [0.4, 0.5) is 52.7 Å². The third-order valence-electron chi connectivity index (χ3n) is 13.2. The Hall–Kier alpha value is -5.42. The molecule has 0 radical (unpaired) electrons. The monoisotopic (exact) mass is 1010 g/mol. The summed E-state index contributed by atoms with van der Waals surface area (Å²) < 4.78 is 192. The van der Waals surface area contributed by atoms with Gasteiger partial charge in [0.2, 0.25) is 0 Å². The van der Waals surface area contributed by atoms with Crippen LogP contribution in [0.15, 0.2) is 109 Å². The first-order valence-electron chi connectivity index (χ1n) is 20.9. The molecule has 4 heterocycles. The second-order valence-electron chi connectivity index (χ2n) is 17.1. The lowest BCUT2D eigenvalue weighted by Gasteiger charge is -2.26. The zero-order valence-corrected chi connectivity index (χ0v) is 38.8. The Morgan fingerprint density at radius 2 is 0.544 bits per heavy atom. The van der Waals surface area contributed by atoms with Crippen LogP contribution in [-0.4, -0.2) is 35.5 Å². The lowest BCUT2D eigenvalue weighted by Crippen LogP contribution is -2.48. The van der Waals surface area contributed by atoms with Gasteiger partial charge in [0.15, 0.2) is 0 Å². The summed E-state index contributed by atoms with van der Waals surface area (Å²) in [6.07, 6.45) is 0. The standard InChI is InChI=1S/C52H30F12S4/c1-23-39(31-9-5-7-11-35(31)65-23)43-45(49(57,58)51(61,62)47(43,53)54)41-25(3)67-37-21-29(17-19-33(37)41)27-13-15-28(16-14-27)30-18-20-34-38(22-30)68-26(4)42(34)46-44(48(55,56)52(63,64)50(46,59)60)40-24(2)66-36-12-8-6-10-32(36)40/h5-22H,1-4H3. The van der Waals surface area contributed by atoms with Crippen molar-refractivity contribution in [2.45, 2.75) is 63.2 Å². The smallest absolute Gasteiger partial charge is 0.194 e. The van der Waals surface area contributed by atoms with Gasteiger partial charge in [-0.1, -0.05) is 84.9 Å². The largest absolute Gasteiger partial charge is 0.380 e. The molecule has 2 aliphatic rings. The molecule has 0 saturated heterocycles. The fourth-order valence-electron chi connectivity index (χ4n) is 10.0. The molecule has 0 fully saturated rings. The number of rotatable bonds is 6. The van der Waals surface area contributed by atoms with Crippen molar-refractivity contribution < 1.29 is 52.7 Å². The van der Waals surface area contributed by atoms with Gasteiger partial charge < -0.3 is 0 Å². The zero-order chi connectivity index (χ0) is 48.4. The minimum absolute atomic E-state index is 0.106. The number of alkyl halides is 12. The summed E-state index contributed by atoms with van der Waals surface area (Å²) in [7, 11) is 0. The molecule has 0 N–H and O–H groups in total. The molecule has 0 amide bonds. The number of halogens is 12. The number of thiophene rings is 4. The Morgan fingerprint density at radius 1 is 0.294 bits per heavy atom. The highest BCUT2D eigenvalue weighted by Crippen LogP contribution is 2.69. The van der Waals surface area contributed by atoms with Crippen molar-refractivity contribution in [2.24, 2.45) is 0 Å². The molecule has 9 aromatic rings. The summed E-state index contributed by atoms with van der Waals surface area (Å²) in [5.41, 5.74) is -4.52. The lowest BCUT2D eigenvalue weighted by molar-refractivity contribution is -0.254. The minimum Gasteiger partial charge on any atom is -0.194 e. The van der Waals surface area contributed by atoms with E-state index in [0.717, 1.165) is 45.3 Å². The van der Waals surface area contributed by atoms with E-state index in [2.05, 4.69) is 0 Å². The lowest BCUT2D eigenvalue weighted by atomic mass is 9.91. The molecule has 5 aromatic carbocycles. The number of aryl methyl sites for hydroxylation is 4. The van der Waals surface area contributed by atoms with Gasteiger partial charge in [0.05, 0.1) is 0 Å². The van der Waals surface area contributed by atoms with Crippen molar-refractivity contribution in [3.05, 3.63) is 151 Å². The molecule has 0 spiro atoms. The van der Waals surface area contributed by atoms with Crippen molar-refractivity contribution in [3.8, 4) is 22.3 Å². The van der Waals surface area contributed by atoms with Gasteiger partial charge in [0.1, 0.15) is 0 Å². The molecular formula is C52H30F12S4. The summed E-state index contributed by atoms with van der Waals surface area (Å²) in [5.74, 6) is -32.3. The van der Waals surface area contributed by atoms with Crippen molar-refractivity contribution in [3.63, 3.8) is 0 Å². The quantitative estimate of drug-likeness (QED) is 0.146. The topological polar surface area (TPSA) is 0 Å². The number of fused-ring (bicyclic) bond motifs is 4. The van der Waals surface area contributed by atoms with Crippen LogP contribution in [0.25, 0.3) is 84.9 Å². The van der Waals surface area contributed by atoms with Crippen LogP contribution < -0.4 is 0 Å². The van der Waals surface area contributed by atoms with Crippen molar-refractivity contribution in [1.82, 2.24) is 0 Å². The predicted octanol–water partition coefficient (Wildman–Crippen LogP) is 18.8. The Kier molecular flexibility index (Phi) is 9.65. The van der Waals surface area contributed by atoms with E-state index in [-0.39, 0.29) is 63.3 Å². The highest BCUT2D eigenvalue weighted by atomic mass is 32.1. The summed E-state index contributed by atoms with van der Waals surface area (Å²) in [4.78, 5) is 0.690. The Labute approximate surface area is 395 Å². The SMILES string of the molecule is Cc1sc2ccccc2c1C1=C(c2c(C)sc3cc(-c4ccc(-c5ccc6c(C7=C(c8c(C)sc9ccccc89)C(F)(F)C(F)(F)C7(F)F)c(C)sc6c5)cc4)ccc23)C(F)(F)C(F)(F)C1(F)F. The molecular weight excluding hydrogens is 981 g/mol. The van der Waals surface area contributed by atoms with Gasteiger partial charge in [-0.2, -0.15) is 52.7 Å². The number of hydrogen-bond acceptors (Lipinski definition) is 4. The minimum atomic E-state index is -5.72. The van der Waals surface area contributed by atoms with Crippen LogP contribution in [0.3, 0.4) is 0 Å². The average molecular weight is 1010 g/mol. The normalized spacial score (nSPS) is 19.2. The first kappa shape index (κ1) is 45.0. The molecule has 0 nitrogen and oxygen atoms in total. The third kappa shape index (κ3) is 5.80. The van der Waals surface area contributed by atoms with Gasteiger partial charge in [0.25, 0.3) is 0 Å². The van der Waals surface area contributed by atoms with E-state index in [1.807, 2.05) is 0 Å². The van der Waals surface area contributed by atoms with Crippen LogP contribution in [0.5, 0.6) is 0 Å². The van der Waals surface area contributed by atoms with E-state index in [1.54, 1.807) is 72.8 Å². The number of benzene rings is 5. The summed E-state index contributed by atoms with van der Waals surface area (Å²) in [6, 6.07) is 28.9. The molecule has 0 atom stereocenters. The van der Waals surface area contributed by atoms with Crippen molar-refractivity contribution >= 4 is 108 Å². The Morgan fingerprint density at radius 3 is 0.853 bits per heavy atom. The van der Waals surface area contributed by atoms with E-state index in [4.69, 9.17) is 0 Å². The van der Waals surface area contributed by atoms with E-state index in [1.165, 1.54) is 64.1 Å². The van der Waals surface area contributed by atoms with Crippen molar-refractivity contribution in [1.29, 1.82) is 0 Å². The maximum Gasteiger partial charge on any atom is 0.380 e. The van der Waals surface area contributed by atoms with Gasteiger partial charge in [-0.25, -0.2) is 0 Å². The van der Waals surface area contributed by atoms with Gasteiger partial charge in [0, 0.05) is 104 Å². The highest BCUT2D eigenvalue weighted by Gasteiger charge is 2.82. The Bertz CT molecular complexity index is 3450. The van der Waals surface area contributed by atoms with Crippen LogP contribution in [0, 0.1) is 27.7 Å². The highest BCUT2D eigenvalue weighted by molar-refractivity contribution is 7.20. The average Bonchev–Trinajstić information content (AvgIpc) is 4.03. The number of allylic oxidation sites excluding steroid dienone is 4. The van der Waals surface area contributed by atoms with Crippen molar-refractivity contribution in [2.75, 3.05) is 0 Å². The summed E-state index contributed by atoms with van der Waals surface area (Å²) >= 11 is 4.12. The van der Waals surface area contributed by atoms with E-state index >= 15 is 52.7 Å². The molecule has 0 saturated carbocycles. The van der Waals surface area contributed by atoms with E-state index in [0.29, 0.717) is 41.1 Å². The first-order chi connectivity index (χ1) is 31.9. The van der Waals surface area contributed by atoms with E-state index in [9.17, 15) is 0 Å². The molecule has 16 heteroatoms. The fourth-order valence-corrected chi connectivity index (χ4v) is 14.4. The second-order valence-corrected chi connectivity index (χ2v) is 22.1. The van der Waals surface area contributed by atoms with Gasteiger partial charge in [-0.15, -0.1) is 45.3 Å². The predicted molar refractivity (Wildman–Crippen MR) is 254 cm³/mol.